The Bertz CT molecular complexity index is 604. The monoisotopic (exact) mass is 280 g/mol. The number of pyridine rings is 1. The molecule has 2 aromatic rings. The molecule has 2 nitrogen and oxygen atoms in total. The molecule has 0 fully saturated rings. The van der Waals surface area contributed by atoms with Gasteiger partial charge < -0.3 is 4.74 Å². The van der Waals surface area contributed by atoms with Crippen molar-refractivity contribution in [1.82, 2.24) is 0 Å². The van der Waals surface area contributed by atoms with Gasteiger partial charge in [-0.1, -0.05) is 43.7 Å². The fraction of sp³-hybridized carbons (Fsp3) is 0.421. The van der Waals surface area contributed by atoms with Crippen molar-refractivity contribution in [3.05, 3.63) is 65.5 Å². The minimum atomic E-state index is 0.332. The van der Waals surface area contributed by atoms with Crippen LogP contribution in [0.4, 0.5) is 0 Å². The lowest BCUT2D eigenvalue weighted by Gasteiger charge is -2.40. The van der Waals surface area contributed by atoms with E-state index in [4.69, 9.17) is 4.74 Å². The van der Waals surface area contributed by atoms with Gasteiger partial charge in [0.2, 0.25) is 0 Å². The van der Waals surface area contributed by atoms with E-state index in [9.17, 15) is 0 Å². The van der Waals surface area contributed by atoms with Crippen LogP contribution in [-0.2, 0) is 4.74 Å². The number of fused-ring (bicyclic) bond motifs is 1. The lowest BCUT2D eigenvalue weighted by Crippen LogP contribution is -2.56. The van der Waals surface area contributed by atoms with Crippen LogP contribution in [0.2, 0.25) is 0 Å². The van der Waals surface area contributed by atoms with Gasteiger partial charge in [-0.05, 0) is 12.0 Å². The Morgan fingerprint density at radius 1 is 1.10 bits per heavy atom. The Labute approximate surface area is 126 Å². The first-order valence-electron chi connectivity index (χ1n) is 8.10. The van der Waals surface area contributed by atoms with E-state index in [1.165, 1.54) is 23.2 Å². The molecule has 3 aliphatic rings. The van der Waals surface area contributed by atoms with Gasteiger partial charge in [-0.15, -0.1) is 0 Å². The number of aromatic nitrogens is 1. The summed E-state index contributed by atoms with van der Waals surface area (Å²) in [7, 11) is 0. The molecule has 0 amide bonds. The average Bonchev–Trinajstić information content (AvgIpc) is 2.55. The highest BCUT2D eigenvalue weighted by molar-refractivity contribution is 5.42. The van der Waals surface area contributed by atoms with Crippen molar-refractivity contribution in [2.75, 3.05) is 6.61 Å². The minimum Gasteiger partial charge on any atom is -0.377 e. The summed E-state index contributed by atoms with van der Waals surface area (Å²) in [6.07, 6.45) is 6.02. The van der Waals surface area contributed by atoms with Crippen LogP contribution in [0, 0.1) is 0 Å². The van der Waals surface area contributed by atoms with Gasteiger partial charge in [-0.2, -0.15) is 4.57 Å². The molecule has 3 heterocycles. The lowest BCUT2D eigenvalue weighted by atomic mass is 9.72. The highest BCUT2D eigenvalue weighted by Crippen LogP contribution is 2.45. The fourth-order valence-electron chi connectivity index (χ4n) is 3.95. The number of nitrogens with zero attached hydrogens (tertiary/aromatic N) is 1. The molecule has 108 valence electrons. The molecule has 5 rings (SSSR count). The van der Waals surface area contributed by atoms with E-state index in [-0.39, 0.29) is 0 Å². The van der Waals surface area contributed by atoms with Crippen LogP contribution in [0.3, 0.4) is 0 Å². The second kappa shape index (κ2) is 5.27. The van der Waals surface area contributed by atoms with Crippen molar-refractivity contribution in [3.63, 3.8) is 0 Å². The zero-order valence-corrected chi connectivity index (χ0v) is 12.5. The van der Waals surface area contributed by atoms with Crippen molar-refractivity contribution in [2.24, 2.45) is 0 Å². The van der Waals surface area contributed by atoms with E-state index in [0.29, 0.717) is 18.1 Å². The second-order valence-electron chi connectivity index (χ2n) is 6.15. The van der Waals surface area contributed by atoms with Crippen LogP contribution in [0.5, 0.6) is 0 Å². The minimum absolute atomic E-state index is 0.332. The van der Waals surface area contributed by atoms with Gasteiger partial charge in [-0.25, -0.2) is 0 Å². The first kappa shape index (κ1) is 13.0. The molecule has 2 aliphatic heterocycles. The average molecular weight is 280 g/mol. The molecule has 0 unspecified atom stereocenters. The van der Waals surface area contributed by atoms with E-state index in [0.717, 1.165) is 19.4 Å². The predicted molar refractivity (Wildman–Crippen MR) is 82.3 cm³/mol. The third-order valence-corrected chi connectivity index (χ3v) is 4.92. The number of benzene rings is 1. The maximum atomic E-state index is 6.26. The van der Waals surface area contributed by atoms with E-state index in [1.807, 2.05) is 0 Å². The molecule has 21 heavy (non-hydrogen) atoms. The molecule has 0 saturated carbocycles. The molecule has 2 bridgehead atoms. The SMILES string of the molecule is CCCCO[C@H]1C[C@@H]2c3ccccc3[C@@H]1c1cccc[n+]12. The molecular weight excluding hydrogens is 258 g/mol. The van der Waals surface area contributed by atoms with Gasteiger partial charge in [0.25, 0.3) is 0 Å². The van der Waals surface area contributed by atoms with Crippen LogP contribution in [0.15, 0.2) is 48.7 Å². The molecule has 3 atom stereocenters. The number of unbranched alkanes of at least 4 members (excludes halogenated alkanes) is 1. The molecular formula is C19H22NO+. The van der Waals surface area contributed by atoms with Crippen LogP contribution in [0.1, 0.15) is 55.0 Å². The van der Waals surface area contributed by atoms with E-state index >= 15 is 0 Å². The highest BCUT2D eigenvalue weighted by Gasteiger charge is 2.49. The maximum absolute atomic E-state index is 6.26. The van der Waals surface area contributed by atoms with Crippen LogP contribution < -0.4 is 4.57 Å². The summed E-state index contributed by atoms with van der Waals surface area (Å²) in [5, 5.41) is 0. The predicted octanol–water partition coefficient (Wildman–Crippen LogP) is 3.60. The zero-order valence-electron chi connectivity index (χ0n) is 12.5. The topological polar surface area (TPSA) is 13.1 Å². The molecule has 0 radical (unpaired) electrons. The van der Waals surface area contributed by atoms with Crippen molar-refractivity contribution >= 4 is 0 Å². The van der Waals surface area contributed by atoms with Crippen molar-refractivity contribution in [1.29, 1.82) is 0 Å². The molecule has 0 saturated heterocycles. The summed E-state index contributed by atoms with van der Waals surface area (Å²) in [4.78, 5) is 0. The first-order chi connectivity index (χ1) is 10.4. The summed E-state index contributed by atoms with van der Waals surface area (Å²) in [5.41, 5.74) is 4.37. The third kappa shape index (κ3) is 2.01. The van der Waals surface area contributed by atoms with Crippen LogP contribution >= 0.6 is 0 Å². The Hall–Kier alpha value is -1.67. The second-order valence-corrected chi connectivity index (χ2v) is 6.15. The molecule has 1 aromatic heterocycles. The zero-order chi connectivity index (χ0) is 14.2. The standard InChI is InChI=1S/C19H22NO/c1-2-3-12-21-18-13-17-14-8-4-5-9-15(14)19(18)16-10-6-7-11-20(16)17/h4-11,17-19H,2-3,12-13H2,1H3/q+1/t17-,18+,19-/m1/s1. The van der Waals surface area contributed by atoms with E-state index in [2.05, 4.69) is 60.2 Å². The lowest BCUT2D eigenvalue weighted by molar-refractivity contribution is -0.732. The number of hydrogen-bond donors (Lipinski definition) is 0. The van der Waals surface area contributed by atoms with Gasteiger partial charge in [0.15, 0.2) is 17.9 Å². The van der Waals surface area contributed by atoms with Crippen molar-refractivity contribution < 1.29 is 9.30 Å². The smallest absolute Gasteiger partial charge is 0.192 e. The largest absolute Gasteiger partial charge is 0.377 e. The molecule has 0 N–H and O–H groups in total. The Morgan fingerprint density at radius 2 is 1.90 bits per heavy atom. The quantitative estimate of drug-likeness (QED) is 0.616. The van der Waals surface area contributed by atoms with Gasteiger partial charge in [0.05, 0.1) is 12.0 Å². The first-order valence-corrected chi connectivity index (χ1v) is 8.10. The summed E-state index contributed by atoms with van der Waals surface area (Å²) in [5.74, 6) is 0.393. The summed E-state index contributed by atoms with van der Waals surface area (Å²) < 4.78 is 8.71. The van der Waals surface area contributed by atoms with Crippen LogP contribution in [0.25, 0.3) is 0 Å². The van der Waals surface area contributed by atoms with Gasteiger partial charge in [0, 0.05) is 30.7 Å². The number of hydrogen-bond acceptors (Lipinski definition) is 1. The van der Waals surface area contributed by atoms with Crippen LogP contribution in [-0.4, -0.2) is 12.7 Å². The Kier molecular flexibility index (Phi) is 3.27. The van der Waals surface area contributed by atoms with Gasteiger partial charge >= 0.3 is 0 Å². The summed E-state index contributed by atoms with van der Waals surface area (Å²) >= 11 is 0. The molecule has 0 spiro atoms. The molecule has 2 heteroatoms. The highest BCUT2D eigenvalue weighted by atomic mass is 16.5. The fourth-order valence-corrected chi connectivity index (χ4v) is 3.95. The third-order valence-electron chi connectivity index (χ3n) is 4.92. The van der Waals surface area contributed by atoms with E-state index in [1.54, 1.807) is 0 Å². The Balaban J connectivity index is 1.76. The molecule has 1 aliphatic carbocycles. The van der Waals surface area contributed by atoms with E-state index < -0.39 is 0 Å². The molecule has 1 aromatic carbocycles. The van der Waals surface area contributed by atoms with Crippen molar-refractivity contribution in [2.45, 2.75) is 44.2 Å². The number of rotatable bonds is 4. The summed E-state index contributed by atoms with van der Waals surface area (Å²) in [6.45, 7) is 3.11. The van der Waals surface area contributed by atoms with Gasteiger partial charge in [-0.3, -0.25) is 0 Å². The Morgan fingerprint density at radius 3 is 2.76 bits per heavy atom. The normalized spacial score (nSPS) is 25.5. The maximum Gasteiger partial charge on any atom is 0.192 e. The van der Waals surface area contributed by atoms with Crippen molar-refractivity contribution in [3.8, 4) is 0 Å². The number of ether oxygens (including phenoxy) is 1. The van der Waals surface area contributed by atoms with Gasteiger partial charge in [0.1, 0.15) is 0 Å². The summed E-state index contributed by atoms with van der Waals surface area (Å²) in [6, 6.07) is 15.9.